The van der Waals surface area contributed by atoms with Gasteiger partial charge in [0.05, 0.1) is 5.69 Å². The summed E-state index contributed by atoms with van der Waals surface area (Å²) in [4.78, 5) is 11.7. The Morgan fingerprint density at radius 1 is 1.42 bits per heavy atom. The maximum absolute atomic E-state index is 11.7. The van der Waals surface area contributed by atoms with Crippen LogP contribution in [0.1, 0.15) is 36.7 Å². The van der Waals surface area contributed by atoms with E-state index >= 15 is 0 Å². The second-order valence-electron chi connectivity index (χ2n) is 4.67. The first-order valence-corrected chi connectivity index (χ1v) is 6.89. The van der Waals surface area contributed by atoms with Crippen LogP contribution in [0.5, 0.6) is 0 Å². The average molecular weight is 267 g/mol. The predicted octanol–water partition coefficient (Wildman–Crippen LogP) is 1.51. The van der Waals surface area contributed by atoms with E-state index in [2.05, 4.69) is 10.4 Å². The lowest BCUT2D eigenvalue weighted by Gasteiger charge is -2.06. The molecule has 0 aliphatic heterocycles. The van der Waals surface area contributed by atoms with E-state index in [1.807, 2.05) is 32.5 Å². The SMILES string of the molecule is CCOCCCNC(=O)CCc1c(C)nn(C)c1C. The molecule has 108 valence electrons. The van der Waals surface area contributed by atoms with Gasteiger partial charge in [0.15, 0.2) is 0 Å². The van der Waals surface area contributed by atoms with Crippen LogP contribution in [0, 0.1) is 13.8 Å². The quantitative estimate of drug-likeness (QED) is 0.726. The fraction of sp³-hybridized carbons (Fsp3) is 0.714. The lowest BCUT2D eigenvalue weighted by Crippen LogP contribution is -2.25. The number of ether oxygens (including phenoxy) is 1. The molecule has 0 aliphatic rings. The summed E-state index contributed by atoms with van der Waals surface area (Å²) in [6, 6.07) is 0. The van der Waals surface area contributed by atoms with Gasteiger partial charge >= 0.3 is 0 Å². The molecule has 0 saturated carbocycles. The van der Waals surface area contributed by atoms with Crippen LogP contribution in [0.3, 0.4) is 0 Å². The van der Waals surface area contributed by atoms with Crippen molar-refractivity contribution < 1.29 is 9.53 Å². The number of aromatic nitrogens is 2. The fourth-order valence-corrected chi connectivity index (χ4v) is 2.05. The lowest BCUT2D eigenvalue weighted by atomic mass is 10.1. The van der Waals surface area contributed by atoms with Gasteiger partial charge in [-0.15, -0.1) is 0 Å². The Hall–Kier alpha value is -1.36. The van der Waals surface area contributed by atoms with Gasteiger partial charge in [0.1, 0.15) is 0 Å². The molecule has 0 saturated heterocycles. The van der Waals surface area contributed by atoms with Gasteiger partial charge in [-0.05, 0) is 39.2 Å². The van der Waals surface area contributed by atoms with Crippen LogP contribution in [0.4, 0.5) is 0 Å². The van der Waals surface area contributed by atoms with Gasteiger partial charge in [-0.2, -0.15) is 5.10 Å². The van der Waals surface area contributed by atoms with Crippen LogP contribution in [0.15, 0.2) is 0 Å². The number of amides is 1. The molecule has 1 N–H and O–H groups in total. The highest BCUT2D eigenvalue weighted by molar-refractivity contribution is 5.76. The summed E-state index contributed by atoms with van der Waals surface area (Å²) >= 11 is 0. The van der Waals surface area contributed by atoms with Crippen molar-refractivity contribution in [3.05, 3.63) is 17.0 Å². The Kier molecular flexibility index (Phi) is 6.56. The summed E-state index contributed by atoms with van der Waals surface area (Å²) in [5.41, 5.74) is 3.35. The zero-order valence-corrected chi connectivity index (χ0v) is 12.5. The van der Waals surface area contributed by atoms with Crippen LogP contribution in [-0.4, -0.2) is 35.4 Å². The van der Waals surface area contributed by atoms with E-state index in [9.17, 15) is 4.79 Å². The molecule has 0 spiro atoms. The minimum Gasteiger partial charge on any atom is -0.382 e. The third-order valence-electron chi connectivity index (χ3n) is 3.25. The maximum atomic E-state index is 11.7. The molecule has 1 aromatic rings. The van der Waals surface area contributed by atoms with Crippen molar-refractivity contribution in [1.29, 1.82) is 0 Å². The summed E-state index contributed by atoms with van der Waals surface area (Å²) < 4.78 is 7.08. The molecule has 1 rings (SSSR count). The van der Waals surface area contributed by atoms with E-state index in [-0.39, 0.29) is 5.91 Å². The fourth-order valence-electron chi connectivity index (χ4n) is 2.05. The third-order valence-corrected chi connectivity index (χ3v) is 3.25. The Balaban J connectivity index is 2.26. The second-order valence-corrected chi connectivity index (χ2v) is 4.67. The molecule has 19 heavy (non-hydrogen) atoms. The Morgan fingerprint density at radius 2 is 2.16 bits per heavy atom. The zero-order valence-electron chi connectivity index (χ0n) is 12.5. The van der Waals surface area contributed by atoms with Crippen molar-refractivity contribution in [2.24, 2.45) is 7.05 Å². The summed E-state index contributed by atoms with van der Waals surface area (Å²) in [7, 11) is 1.93. The van der Waals surface area contributed by atoms with Gasteiger partial charge in [-0.1, -0.05) is 0 Å². The highest BCUT2D eigenvalue weighted by Gasteiger charge is 2.10. The van der Waals surface area contributed by atoms with Crippen molar-refractivity contribution in [2.75, 3.05) is 19.8 Å². The molecule has 0 atom stereocenters. The normalized spacial score (nSPS) is 10.7. The molecule has 5 heteroatoms. The minimum absolute atomic E-state index is 0.0964. The van der Waals surface area contributed by atoms with E-state index in [4.69, 9.17) is 4.74 Å². The number of carbonyl (C=O) groups is 1. The molecule has 1 amide bonds. The lowest BCUT2D eigenvalue weighted by molar-refractivity contribution is -0.121. The van der Waals surface area contributed by atoms with E-state index in [1.54, 1.807) is 0 Å². The number of carbonyl (C=O) groups excluding carboxylic acids is 1. The van der Waals surface area contributed by atoms with Crippen LogP contribution < -0.4 is 5.32 Å². The molecule has 0 bridgehead atoms. The maximum Gasteiger partial charge on any atom is 0.220 e. The minimum atomic E-state index is 0.0964. The predicted molar refractivity (Wildman–Crippen MR) is 75.1 cm³/mol. The van der Waals surface area contributed by atoms with Crippen molar-refractivity contribution in [3.63, 3.8) is 0 Å². The van der Waals surface area contributed by atoms with Crippen molar-refractivity contribution >= 4 is 5.91 Å². The van der Waals surface area contributed by atoms with E-state index in [1.165, 1.54) is 5.56 Å². The molecule has 1 aromatic heterocycles. The number of hydrogen-bond acceptors (Lipinski definition) is 3. The molecular weight excluding hydrogens is 242 g/mol. The van der Waals surface area contributed by atoms with Gasteiger partial charge in [0.25, 0.3) is 0 Å². The first-order valence-electron chi connectivity index (χ1n) is 6.89. The van der Waals surface area contributed by atoms with E-state index in [0.717, 1.165) is 30.8 Å². The molecular formula is C14H25N3O2. The van der Waals surface area contributed by atoms with Gasteiger partial charge in [-0.25, -0.2) is 0 Å². The van der Waals surface area contributed by atoms with Crippen LogP contribution in [0.25, 0.3) is 0 Å². The van der Waals surface area contributed by atoms with Crippen molar-refractivity contribution in [1.82, 2.24) is 15.1 Å². The van der Waals surface area contributed by atoms with Gasteiger partial charge < -0.3 is 10.1 Å². The van der Waals surface area contributed by atoms with Gasteiger partial charge in [0.2, 0.25) is 5.91 Å². The summed E-state index contributed by atoms with van der Waals surface area (Å²) in [6.07, 6.45) is 2.13. The second kappa shape index (κ2) is 7.94. The summed E-state index contributed by atoms with van der Waals surface area (Å²) in [5, 5.41) is 7.26. The number of rotatable bonds is 8. The van der Waals surface area contributed by atoms with Gasteiger partial charge in [0, 0.05) is 38.9 Å². The van der Waals surface area contributed by atoms with Crippen LogP contribution in [0.2, 0.25) is 0 Å². The number of nitrogens with zero attached hydrogens (tertiary/aromatic N) is 2. The monoisotopic (exact) mass is 267 g/mol. The highest BCUT2D eigenvalue weighted by atomic mass is 16.5. The number of hydrogen-bond donors (Lipinski definition) is 1. The molecule has 0 aromatic carbocycles. The Bertz CT molecular complexity index is 413. The standard InChI is InChI=1S/C14H25N3O2/c1-5-19-10-6-9-15-14(18)8-7-13-11(2)16-17(4)12(13)3/h5-10H2,1-4H3,(H,15,18). The molecule has 0 radical (unpaired) electrons. The Labute approximate surface area is 115 Å². The smallest absolute Gasteiger partial charge is 0.220 e. The third kappa shape index (κ3) is 5.03. The molecule has 5 nitrogen and oxygen atoms in total. The van der Waals surface area contributed by atoms with Gasteiger partial charge in [-0.3, -0.25) is 9.48 Å². The topological polar surface area (TPSA) is 56.1 Å². The van der Waals surface area contributed by atoms with E-state index in [0.29, 0.717) is 19.6 Å². The van der Waals surface area contributed by atoms with Crippen molar-refractivity contribution in [3.8, 4) is 0 Å². The molecule has 1 heterocycles. The van der Waals surface area contributed by atoms with Crippen LogP contribution in [-0.2, 0) is 23.0 Å². The Morgan fingerprint density at radius 3 is 2.74 bits per heavy atom. The van der Waals surface area contributed by atoms with E-state index < -0.39 is 0 Å². The first-order chi connectivity index (χ1) is 9.06. The molecule has 0 fully saturated rings. The summed E-state index contributed by atoms with van der Waals surface area (Å²) in [6.45, 7) is 8.11. The van der Waals surface area contributed by atoms with Crippen LogP contribution >= 0.6 is 0 Å². The first kappa shape index (κ1) is 15.7. The number of nitrogens with one attached hydrogen (secondary N) is 1. The number of aryl methyl sites for hydroxylation is 2. The molecule has 0 aliphatic carbocycles. The summed E-state index contributed by atoms with van der Waals surface area (Å²) in [5.74, 6) is 0.0964. The largest absolute Gasteiger partial charge is 0.382 e. The van der Waals surface area contributed by atoms with Crippen molar-refractivity contribution in [2.45, 2.75) is 40.0 Å². The molecule has 0 unspecified atom stereocenters. The average Bonchev–Trinajstić information content (AvgIpc) is 2.61. The zero-order chi connectivity index (χ0) is 14.3. The highest BCUT2D eigenvalue weighted by Crippen LogP contribution is 2.13.